The Bertz CT molecular complexity index is 1170. The first-order valence-corrected chi connectivity index (χ1v) is 11.7. The Kier molecular flexibility index (Phi) is 8.41. The highest BCUT2D eigenvalue weighted by molar-refractivity contribution is 6.01. The van der Waals surface area contributed by atoms with Crippen LogP contribution >= 0.6 is 0 Å². The number of fused-ring (bicyclic) bond motifs is 1. The van der Waals surface area contributed by atoms with Crippen LogP contribution in [0.1, 0.15) is 61.0 Å². The molecule has 1 aliphatic rings. The van der Waals surface area contributed by atoms with Gasteiger partial charge in [0.05, 0.1) is 20.2 Å². The number of esters is 1. The molecule has 3 rings (SSSR count). The van der Waals surface area contributed by atoms with Gasteiger partial charge in [-0.05, 0) is 39.3 Å². The number of nitrogens with zero attached hydrogens (tertiary/aromatic N) is 3. The van der Waals surface area contributed by atoms with Crippen LogP contribution in [0.5, 0.6) is 5.75 Å². The highest BCUT2D eigenvalue weighted by Gasteiger charge is 2.37. The summed E-state index contributed by atoms with van der Waals surface area (Å²) in [6.07, 6.45) is -0.482. The van der Waals surface area contributed by atoms with Crippen molar-refractivity contribution < 1.29 is 37.9 Å². The molecular weight excluding hydrogens is 484 g/mol. The number of ether oxygens (including phenoxy) is 3. The molecule has 1 aromatic heterocycles. The molecule has 0 saturated carbocycles. The normalized spacial score (nSPS) is 13.6. The molecule has 0 spiro atoms. The first-order chi connectivity index (χ1) is 17.4. The molecule has 0 fully saturated rings. The van der Waals surface area contributed by atoms with Crippen LogP contribution in [0.15, 0.2) is 28.8 Å². The minimum absolute atomic E-state index is 0.0232. The van der Waals surface area contributed by atoms with Crippen molar-refractivity contribution in [2.75, 3.05) is 14.2 Å². The van der Waals surface area contributed by atoms with Gasteiger partial charge < -0.3 is 34.3 Å². The molecule has 2 N–H and O–H groups in total. The summed E-state index contributed by atoms with van der Waals surface area (Å²) in [5, 5.41) is 3.97. The fourth-order valence-corrected chi connectivity index (χ4v) is 3.82. The molecule has 2 heterocycles. The number of rotatable bonds is 10. The van der Waals surface area contributed by atoms with Gasteiger partial charge in [-0.3, -0.25) is 14.4 Å². The van der Waals surface area contributed by atoms with E-state index in [0.29, 0.717) is 28.3 Å². The third-order valence-corrected chi connectivity index (χ3v) is 5.59. The van der Waals surface area contributed by atoms with Gasteiger partial charge in [-0.1, -0.05) is 11.2 Å². The summed E-state index contributed by atoms with van der Waals surface area (Å²) in [7, 11) is 2.85. The number of aromatic nitrogens is 1. The van der Waals surface area contributed by atoms with E-state index in [1.54, 1.807) is 52.1 Å². The van der Waals surface area contributed by atoms with E-state index in [1.165, 1.54) is 16.9 Å². The summed E-state index contributed by atoms with van der Waals surface area (Å²) < 4.78 is 21.2. The molecule has 1 unspecified atom stereocenters. The minimum Gasteiger partial charge on any atom is -0.485 e. The lowest BCUT2D eigenvalue weighted by atomic mass is 10.1. The number of benzene rings is 1. The van der Waals surface area contributed by atoms with Crippen molar-refractivity contribution in [3.63, 3.8) is 0 Å². The Morgan fingerprint density at radius 3 is 2.65 bits per heavy atom. The zero-order valence-corrected chi connectivity index (χ0v) is 21.6. The van der Waals surface area contributed by atoms with Crippen LogP contribution in [-0.4, -0.2) is 64.6 Å². The molecule has 0 radical (unpaired) electrons. The van der Waals surface area contributed by atoms with Crippen molar-refractivity contribution in [2.45, 2.75) is 65.0 Å². The van der Waals surface area contributed by atoms with Crippen molar-refractivity contribution in [3.05, 3.63) is 46.8 Å². The lowest BCUT2D eigenvalue weighted by Crippen LogP contribution is -2.45. The van der Waals surface area contributed by atoms with Crippen LogP contribution in [0.25, 0.3) is 0 Å². The van der Waals surface area contributed by atoms with E-state index in [-0.39, 0.29) is 38.4 Å². The quantitative estimate of drug-likeness (QED) is 0.469. The Morgan fingerprint density at radius 1 is 1.27 bits per heavy atom. The lowest BCUT2D eigenvalue weighted by molar-refractivity contribution is -0.141. The Labute approximate surface area is 214 Å². The molecule has 0 bridgehead atoms. The zero-order chi connectivity index (χ0) is 27.3. The van der Waals surface area contributed by atoms with Gasteiger partial charge in [0, 0.05) is 30.7 Å². The second-order valence-corrected chi connectivity index (χ2v) is 9.66. The SMILES string of the molecule is COC(=O)CCC(C(N)=O)N1Cc2c(OCc3cc(CN(C)C(=O)OC(C)(C)C)no3)cccc2C1=O. The van der Waals surface area contributed by atoms with Crippen LogP contribution < -0.4 is 10.5 Å². The fraction of sp³-hybridized carbons (Fsp3) is 0.480. The summed E-state index contributed by atoms with van der Waals surface area (Å²) in [6, 6.07) is 5.71. The minimum atomic E-state index is -0.967. The van der Waals surface area contributed by atoms with E-state index in [0.717, 1.165) is 0 Å². The number of nitrogens with two attached hydrogens (primary N) is 1. The molecule has 0 aliphatic carbocycles. The fourth-order valence-electron chi connectivity index (χ4n) is 3.82. The molecule has 1 aliphatic heterocycles. The summed E-state index contributed by atoms with van der Waals surface area (Å²) in [4.78, 5) is 51.5. The number of methoxy groups -OCH3 is 1. The topological polar surface area (TPSA) is 154 Å². The van der Waals surface area contributed by atoms with Crippen LogP contribution in [0, 0.1) is 0 Å². The average molecular weight is 517 g/mol. The van der Waals surface area contributed by atoms with Gasteiger partial charge in [0.2, 0.25) is 5.91 Å². The van der Waals surface area contributed by atoms with Crippen molar-refractivity contribution >= 4 is 23.9 Å². The maximum Gasteiger partial charge on any atom is 0.410 e. The van der Waals surface area contributed by atoms with Crippen molar-refractivity contribution in [1.82, 2.24) is 15.0 Å². The standard InChI is InChI=1S/C25H32N4O8/c1-25(2,3)36-24(33)28(4)12-15-11-16(37-27-15)14-35-20-8-6-7-17-18(20)13-29(23(17)32)19(22(26)31)9-10-21(30)34-5/h6-8,11,19H,9-10,12-14H2,1-5H3,(H2,26,31). The lowest BCUT2D eigenvalue weighted by Gasteiger charge is -2.24. The Morgan fingerprint density at radius 2 is 2.00 bits per heavy atom. The van der Waals surface area contributed by atoms with Gasteiger partial charge in [0.15, 0.2) is 5.76 Å². The van der Waals surface area contributed by atoms with Gasteiger partial charge >= 0.3 is 12.1 Å². The van der Waals surface area contributed by atoms with E-state index in [9.17, 15) is 19.2 Å². The predicted molar refractivity (Wildman–Crippen MR) is 129 cm³/mol. The molecule has 2 aromatic rings. The second-order valence-electron chi connectivity index (χ2n) is 9.66. The van der Waals surface area contributed by atoms with Crippen LogP contribution in [0.3, 0.4) is 0 Å². The second kappa shape index (κ2) is 11.3. The molecule has 12 nitrogen and oxygen atoms in total. The first-order valence-electron chi connectivity index (χ1n) is 11.7. The number of amides is 3. The largest absolute Gasteiger partial charge is 0.485 e. The van der Waals surface area contributed by atoms with Crippen LogP contribution in [0.2, 0.25) is 0 Å². The average Bonchev–Trinajstić information content (AvgIpc) is 3.41. The Balaban J connectivity index is 1.65. The third kappa shape index (κ3) is 6.99. The zero-order valence-electron chi connectivity index (χ0n) is 21.6. The number of hydrogen-bond donors (Lipinski definition) is 1. The smallest absolute Gasteiger partial charge is 0.410 e. The number of hydrogen-bond acceptors (Lipinski definition) is 9. The highest BCUT2D eigenvalue weighted by atomic mass is 16.6. The molecule has 0 saturated heterocycles. The van der Waals surface area contributed by atoms with Crippen molar-refractivity contribution in [1.29, 1.82) is 0 Å². The van der Waals surface area contributed by atoms with Gasteiger partial charge in [0.25, 0.3) is 5.91 Å². The van der Waals surface area contributed by atoms with Crippen LogP contribution in [-0.2, 0) is 38.8 Å². The summed E-state index contributed by atoms with van der Waals surface area (Å²) in [6.45, 7) is 5.66. The maximum atomic E-state index is 13.0. The molecule has 37 heavy (non-hydrogen) atoms. The number of carbonyl (C=O) groups is 4. The number of carbonyl (C=O) groups excluding carboxylic acids is 4. The summed E-state index contributed by atoms with van der Waals surface area (Å²) in [5.41, 5.74) is 6.42. The molecule has 1 atom stereocenters. The van der Waals surface area contributed by atoms with Crippen molar-refractivity contribution in [3.8, 4) is 5.75 Å². The summed E-state index contributed by atoms with van der Waals surface area (Å²) >= 11 is 0. The molecule has 12 heteroatoms. The van der Waals surface area contributed by atoms with E-state index < -0.39 is 29.6 Å². The van der Waals surface area contributed by atoms with E-state index >= 15 is 0 Å². The first kappa shape index (κ1) is 27.5. The summed E-state index contributed by atoms with van der Waals surface area (Å²) in [5.74, 6) is -0.727. The maximum absolute atomic E-state index is 13.0. The number of primary amides is 1. The van der Waals surface area contributed by atoms with Gasteiger partial charge in [0.1, 0.15) is 29.7 Å². The van der Waals surface area contributed by atoms with E-state index in [2.05, 4.69) is 9.89 Å². The molecular formula is C25H32N4O8. The highest BCUT2D eigenvalue weighted by Crippen LogP contribution is 2.33. The third-order valence-electron chi connectivity index (χ3n) is 5.59. The van der Waals surface area contributed by atoms with E-state index in [1.807, 2.05) is 0 Å². The van der Waals surface area contributed by atoms with Crippen LogP contribution in [0.4, 0.5) is 4.79 Å². The molecule has 3 amide bonds. The molecule has 200 valence electrons. The predicted octanol–water partition coefficient (Wildman–Crippen LogP) is 2.38. The molecule has 1 aromatic carbocycles. The van der Waals surface area contributed by atoms with Gasteiger partial charge in [-0.15, -0.1) is 0 Å². The van der Waals surface area contributed by atoms with Gasteiger partial charge in [-0.25, -0.2) is 4.79 Å². The van der Waals surface area contributed by atoms with E-state index in [4.69, 9.17) is 19.7 Å². The van der Waals surface area contributed by atoms with Gasteiger partial charge in [-0.2, -0.15) is 0 Å². The van der Waals surface area contributed by atoms with Crippen molar-refractivity contribution in [2.24, 2.45) is 5.73 Å². The monoisotopic (exact) mass is 516 g/mol. The Hall–Kier alpha value is -4.09.